The van der Waals surface area contributed by atoms with Crippen molar-refractivity contribution in [1.29, 1.82) is 0 Å². The number of hydrogen-bond donors (Lipinski definition) is 3. The summed E-state index contributed by atoms with van der Waals surface area (Å²) >= 11 is 0. The summed E-state index contributed by atoms with van der Waals surface area (Å²) in [6, 6.07) is 1.95. The average molecular weight is 428 g/mol. The number of Topliss-reactive ketones (excluding diaryl/α,β-unsaturated/α-hetero) is 4. The summed E-state index contributed by atoms with van der Waals surface area (Å²) in [5, 5.41) is 21.7. The fraction of sp³-hybridized carbons (Fsp3) is 0.500. The Kier molecular flexibility index (Phi) is 4.68. The van der Waals surface area contributed by atoms with Crippen molar-refractivity contribution in [2.45, 2.75) is 31.4 Å². The highest BCUT2D eigenvalue weighted by molar-refractivity contribution is 6.32. The highest BCUT2D eigenvalue weighted by atomic mass is 16.3. The molecule has 164 valence electrons. The Hall–Kier alpha value is -2.91. The molecule has 4 N–H and O–H groups in total. The normalized spacial score (nSPS) is 34.9. The number of fused-ring (bicyclic) bond motifs is 3. The lowest BCUT2D eigenvalue weighted by Crippen LogP contribution is -2.74. The molecule has 0 spiro atoms. The molecule has 3 aliphatic carbocycles. The molecule has 2 saturated carbocycles. The Balaban J connectivity index is 1.88. The molecule has 1 aromatic carbocycles. The molecule has 1 aromatic rings. The minimum atomic E-state index is -2.68. The molecule has 6 unspecified atom stereocenters. The number of nitrogens with two attached hydrogens (primary N) is 1. The maximum Gasteiger partial charge on any atom is 0.235 e. The molecule has 0 aliphatic heterocycles. The molecule has 4 rings (SSSR count). The summed E-state index contributed by atoms with van der Waals surface area (Å²) in [6.45, 7) is 1.79. The second-order valence-corrected chi connectivity index (χ2v) is 9.04. The lowest BCUT2D eigenvalue weighted by atomic mass is 9.52. The van der Waals surface area contributed by atoms with Gasteiger partial charge in [0.05, 0.1) is 17.5 Å². The van der Waals surface area contributed by atoms with Crippen LogP contribution in [0.4, 0.5) is 0 Å². The maximum atomic E-state index is 13.5. The number of phenols is 1. The quantitative estimate of drug-likeness (QED) is 0.516. The van der Waals surface area contributed by atoms with Gasteiger partial charge in [-0.2, -0.15) is 0 Å². The van der Waals surface area contributed by atoms with Crippen molar-refractivity contribution in [1.82, 2.24) is 4.90 Å². The zero-order valence-corrected chi connectivity index (χ0v) is 17.4. The second-order valence-electron chi connectivity index (χ2n) is 9.04. The van der Waals surface area contributed by atoms with Gasteiger partial charge in [-0.25, -0.2) is 0 Å². The van der Waals surface area contributed by atoms with Crippen LogP contribution in [0.25, 0.3) is 0 Å². The first-order valence-corrected chi connectivity index (χ1v) is 10.1. The van der Waals surface area contributed by atoms with Gasteiger partial charge < -0.3 is 15.9 Å². The number of aromatic hydroxyl groups is 1. The maximum absolute atomic E-state index is 13.5. The third-order valence-corrected chi connectivity index (χ3v) is 7.18. The Bertz CT molecular complexity index is 1060. The van der Waals surface area contributed by atoms with Gasteiger partial charge in [-0.1, -0.05) is 6.07 Å². The van der Waals surface area contributed by atoms with E-state index < -0.39 is 64.4 Å². The topological polar surface area (TPSA) is 155 Å². The van der Waals surface area contributed by atoms with E-state index >= 15 is 0 Å². The van der Waals surface area contributed by atoms with E-state index in [0.717, 1.165) is 5.56 Å². The van der Waals surface area contributed by atoms with E-state index in [4.69, 9.17) is 5.73 Å². The largest absolute Gasteiger partial charge is 0.507 e. The molecule has 9 nitrogen and oxygen atoms in total. The van der Waals surface area contributed by atoms with E-state index in [-0.39, 0.29) is 24.2 Å². The van der Waals surface area contributed by atoms with Crippen LogP contribution in [0.3, 0.4) is 0 Å². The van der Waals surface area contributed by atoms with Gasteiger partial charge in [-0.15, -0.1) is 0 Å². The number of ketones is 4. The molecule has 0 aromatic heterocycles. The smallest absolute Gasteiger partial charge is 0.235 e. The molecule has 1 amide bonds. The molecular formula is C22H24N2O7. The first-order chi connectivity index (χ1) is 14.4. The second kappa shape index (κ2) is 6.80. The van der Waals surface area contributed by atoms with Crippen molar-refractivity contribution >= 4 is 29.0 Å². The highest BCUT2D eigenvalue weighted by Crippen LogP contribution is 2.50. The van der Waals surface area contributed by atoms with Crippen LogP contribution in [-0.2, 0) is 25.6 Å². The summed E-state index contributed by atoms with van der Waals surface area (Å²) in [7, 11) is 3.10. The molecular weight excluding hydrogens is 404 g/mol. The van der Waals surface area contributed by atoms with Gasteiger partial charge in [0.2, 0.25) is 5.91 Å². The highest BCUT2D eigenvalue weighted by Gasteiger charge is 2.69. The van der Waals surface area contributed by atoms with Crippen molar-refractivity contribution in [3.63, 3.8) is 0 Å². The third-order valence-electron chi connectivity index (χ3n) is 7.18. The molecule has 9 heteroatoms. The van der Waals surface area contributed by atoms with Gasteiger partial charge in [-0.05, 0) is 57.0 Å². The summed E-state index contributed by atoms with van der Waals surface area (Å²) in [5.41, 5.74) is 4.01. The van der Waals surface area contributed by atoms with Crippen molar-refractivity contribution < 1.29 is 34.2 Å². The molecule has 0 bridgehead atoms. The minimum absolute atomic E-state index is 0.0200. The molecule has 31 heavy (non-hydrogen) atoms. The SMILES string of the molecule is Cc1ccc(O)c2c1CC1CC3C(N(C)C)C(=O)C(C(N)=O)C(=O)C3(O)C(=O)C1C2=O. The van der Waals surface area contributed by atoms with Crippen molar-refractivity contribution in [3.8, 4) is 5.75 Å². The number of phenolic OH excluding ortho intramolecular Hbond substituents is 1. The van der Waals surface area contributed by atoms with Crippen molar-refractivity contribution in [3.05, 3.63) is 28.8 Å². The van der Waals surface area contributed by atoms with Crippen molar-refractivity contribution in [2.24, 2.45) is 29.4 Å². The van der Waals surface area contributed by atoms with E-state index in [1.807, 2.05) is 0 Å². The number of benzene rings is 1. The van der Waals surface area contributed by atoms with E-state index in [1.165, 1.54) is 11.0 Å². The number of likely N-dealkylation sites (N-methyl/N-ethyl adjacent to an activating group) is 1. The average Bonchev–Trinajstić information content (AvgIpc) is 2.67. The van der Waals surface area contributed by atoms with Crippen LogP contribution in [0.15, 0.2) is 12.1 Å². The Morgan fingerprint density at radius 1 is 1.16 bits per heavy atom. The van der Waals surface area contributed by atoms with Gasteiger partial charge in [0, 0.05) is 5.92 Å². The van der Waals surface area contributed by atoms with Crippen LogP contribution in [0, 0.1) is 30.6 Å². The predicted octanol–water partition coefficient (Wildman–Crippen LogP) is -0.825. The van der Waals surface area contributed by atoms with E-state index in [2.05, 4.69) is 0 Å². The fourth-order valence-electron chi connectivity index (χ4n) is 5.76. The number of aliphatic hydroxyl groups is 1. The Morgan fingerprint density at radius 3 is 2.39 bits per heavy atom. The van der Waals surface area contributed by atoms with E-state index in [1.54, 1.807) is 27.1 Å². The number of aryl methyl sites for hydroxylation is 1. The van der Waals surface area contributed by atoms with E-state index in [0.29, 0.717) is 5.56 Å². The van der Waals surface area contributed by atoms with Crippen LogP contribution >= 0.6 is 0 Å². The summed E-state index contributed by atoms with van der Waals surface area (Å²) < 4.78 is 0. The monoisotopic (exact) mass is 428 g/mol. The van der Waals surface area contributed by atoms with Crippen LogP contribution in [-0.4, -0.2) is 69.9 Å². The van der Waals surface area contributed by atoms with Crippen LogP contribution in [0.2, 0.25) is 0 Å². The first kappa shape index (κ1) is 21.3. The predicted molar refractivity (Wildman–Crippen MR) is 106 cm³/mol. The van der Waals surface area contributed by atoms with Gasteiger partial charge in [-0.3, -0.25) is 28.9 Å². The lowest BCUT2D eigenvalue weighted by molar-refractivity contribution is -0.181. The number of primary amides is 1. The standard InChI is InChI=1S/C22H24N2O7/c1-8-4-5-12(25)14-10(8)6-9-7-11-16(24(2)3)18(27)15(21(23)30)20(29)22(11,31)19(28)13(9)17(14)26/h4-5,9,11,13,15-16,25,31H,6-7H2,1-3H3,(H2,23,30). The number of carbonyl (C=O) groups is 5. The van der Waals surface area contributed by atoms with Crippen LogP contribution in [0.5, 0.6) is 5.75 Å². The zero-order chi connectivity index (χ0) is 23.0. The number of nitrogens with zero attached hydrogens (tertiary/aromatic N) is 1. The summed E-state index contributed by atoms with van der Waals surface area (Å²) in [6.07, 6.45) is 0.338. The fourth-order valence-corrected chi connectivity index (χ4v) is 5.76. The summed E-state index contributed by atoms with van der Waals surface area (Å²) in [4.78, 5) is 66.2. The molecule has 3 aliphatic rings. The molecule has 2 fully saturated rings. The lowest BCUT2D eigenvalue weighted by Gasteiger charge is -2.52. The summed E-state index contributed by atoms with van der Waals surface area (Å²) in [5.74, 6) is -10.2. The van der Waals surface area contributed by atoms with Gasteiger partial charge >= 0.3 is 0 Å². The Labute approximate surface area is 178 Å². The zero-order valence-electron chi connectivity index (χ0n) is 17.4. The van der Waals surface area contributed by atoms with E-state index in [9.17, 15) is 34.2 Å². The number of rotatable bonds is 2. The number of hydrogen-bond acceptors (Lipinski definition) is 8. The van der Waals surface area contributed by atoms with Gasteiger partial charge in [0.1, 0.15) is 5.75 Å². The third kappa shape index (κ3) is 2.66. The minimum Gasteiger partial charge on any atom is -0.507 e. The van der Waals surface area contributed by atoms with Crippen LogP contribution < -0.4 is 5.73 Å². The molecule has 0 heterocycles. The van der Waals surface area contributed by atoms with Crippen molar-refractivity contribution in [2.75, 3.05) is 14.1 Å². The van der Waals surface area contributed by atoms with Crippen LogP contribution in [0.1, 0.15) is 27.9 Å². The van der Waals surface area contributed by atoms with Gasteiger partial charge in [0.15, 0.2) is 34.7 Å². The molecule has 6 atom stereocenters. The number of amides is 1. The first-order valence-electron chi connectivity index (χ1n) is 10.1. The number of carbonyl (C=O) groups excluding carboxylic acids is 5. The Morgan fingerprint density at radius 2 is 1.81 bits per heavy atom. The molecule has 0 radical (unpaired) electrons. The molecule has 0 saturated heterocycles. The van der Waals surface area contributed by atoms with Gasteiger partial charge in [0.25, 0.3) is 0 Å².